The van der Waals surface area contributed by atoms with Crippen LogP contribution in [0, 0.1) is 6.92 Å². The predicted octanol–water partition coefficient (Wildman–Crippen LogP) is 3.20. The van der Waals surface area contributed by atoms with E-state index in [-0.39, 0.29) is 6.09 Å². The number of hydrogen-bond acceptors (Lipinski definition) is 6. The average molecular weight is 361 g/mol. The van der Waals surface area contributed by atoms with Crippen LogP contribution in [0.5, 0.6) is 0 Å². The van der Waals surface area contributed by atoms with E-state index in [4.69, 9.17) is 9.72 Å². The monoisotopic (exact) mass is 361 g/mol. The van der Waals surface area contributed by atoms with Gasteiger partial charge in [0.15, 0.2) is 0 Å². The molecule has 1 saturated carbocycles. The molecule has 1 aromatic heterocycles. The molecule has 2 fully saturated rings. The Labute approximate surface area is 156 Å². The van der Waals surface area contributed by atoms with Gasteiger partial charge in [-0.15, -0.1) is 0 Å². The van der Waals surface area contributed by atoms with E-state index in [1.165, 1.54) is 38.5 Å². The molecule has 144 valence electrons. The first-order chi connectivity index (χ1) is 12.7. The summed E-state index contributed by atoms with van der Waals surface area (Å²) in [6, 6.07) is 2.51. The molecule has 3 rings (SSSR count). The summed E-state index contributed by atoms with van der Waals surface area (Å²) in [5.41, 5.74) is 0.971. The number of aromatic nitrogens is 2. The molecule has 0 atom stereocenters. The highest BCUT2D eigenvalue weighted by Crippen LogP contribution is 2.22. The van der Waals surface area contributed by atoms with Gasteiger partial charge in [-0.1, -0.05) is 25.7 Å². The number of ether oxygens (including phenoxy) is 1. The second-order valence-electron chi connectivity index (χ2n) is 7.20. The van der Waals surface area contributed by atoms with E-state index in [0.29, 0.717) is 25.7 Å². The van der Waals surface area contributed by atoms with E-state index in [1.807, 2.05) is 19.9 Å². The lowest BCUT2D eigenvalue weighted by molar-refractivity contribution is 0.105. The third-order valence-electron chi connectivity index (χ3n) is 5.16. The van der Waals surface area contributed by atoms with Crippen LogP contribution in [-0.4, -0.2) is 59.8 Å². The smallest absolute Gasteiger partial charge is 0.409 e. The van der Waals surface area contributed by atoms with E-state index in [1.54, 1.807) is 4.90 Å². The van der Waals surface area contributed by atoms with Crippen LogP contribution in [0.15, 0.2) is 6.07 Å². The summed E-state index contributed by atoms with van der Waals surface area (Å²) in [5, 5.41) is 3.55. The molecule has 0 aromatic carbocycles. The molecular weight excluding hydrogens is 330 g/mol. The number of piperazine rings is 1. The van der Waals surface area contributed by atoms with Gasteiger partial charge in [0.05, 0.1) is 6.61 Å². The van der Waals surface area contributed by atoms with Crippen molar-refractivity contribution < 1.29 is 9.53 Å². The Balaban J connectivity index is 1.61. The van der Waals surface area contributed by atoms with Gasteiger partial charge in [-0.25, -0.2) is 9.78 Å². The molecule has 2 aliphatic rings. The minimum absolute atomic E-state index is 0.221. The van der Waals surface area contributed by atoms with Crippen LogP contribution in [0.3, 0.4) is 0 Å². The van der Waals surface area contributed by atoms with Gasteiger partial charge in [0.2, 0.25) is 5.95 Å². The molecule has 7 heteroatoms. The highest BCUT2D eigenvalue weighted by Gasteiger charge is 2.23. The molecule has 0 unspecified atom stereocenters. The summed E-state index contributed by atoms with van der Waals surface area (Å²) in [5.74, 6) is 1.68. The summed E-state index contributed by atoms with van der Waals surface area (Å²) in [6.07, 6.45) is 7.42. The maximum absolute atomic E-state index is 11.8. The SMILES string of the molecule is CCOC(=O)N1CCN(c2cc(C)nc(NC3CCCCCC3)n2)CC1. The number of aryl methyl sites for hydroxylation is 1. The number of carbonyl (C=O) groups excluding carboxylic acids is 1. The van der Waals surface area contributed by atoms with Crippen LogP contribution < -0.4 is 10.2 Å². The quantitative estimate of drug-likeness (QED) is 0.831. The topological polar surface area (TPSA) is 70.6 Å². The minimum atomic E-state index is -0.221. The van der Waals surface area contributed by atoms with E-state index < -0.39 is 0 Å². The maximum atomic E-state index is 11.8. The Morgan fingerprint density at radius 1 is 1.15 bits per heavy atom. The summed E-state index contributed by atoms with van der Waals surface area (Å²) < 4.78 is 5.09. The van der Waals surface area contributed by atoms with Crippen LogP contribution in [-0.2, 0) is 4.74 Å². The Morgan fingerprint density at radius 2 is 1.85 bits per heavy atom. The molecular formula is C19H31N5O2. The van der Waals surface area contributed by atoms with Gasteiger partial charge in [0.1, 0.15) is 5.82 Å². The third-order valence-corrected chi connectivity index (χ3v) is 5.16. The zero-order chi connectivity index (χ0) is 18.4. The van der Waals surface area contributed by atoms with Crippen molar-refractivity contribution in [2.75, 3.05) is 43.0 Å². The fourth-order valence-corrected chi connectivity index (χ4v) is 3.72. The zero-order valence-electron chi connectivity index (χ0n) is 16.0. The van der Waals surface area contributed by atoms with Crippen molar-refractivity contribution in [2.45, 2.75) is 58.4 Å². The van der Waals surface area contributed by atoms with Crippen LogP contribution >= 0.6 is 0 Å². The van der Waals surface area contributed by atoms with Crippen molar-refractivity contribution in [2.24, 2.45) is 0 Å². The highest BCUT2D eigenvalue weighted by atomic mass is 16.6. The van der Waals surface area contributed by atoms with Gasteiger partial charge in [-0.2, -0.15) is 4.98 Å². The van der Waals surface area contributed by atoms with Crippen molar-refractivity contribution in [1.29, 1.82) is 0 Å². The Hall–Kier alpha value is -2.05. The maximum Gasteiger partial charge on any atom is 0.409 e. The van der Waals surface area contributed by atoms with E-state index >= 15 is 0 Å². The van der Waals surface area contributed by atoms with E-state index in [2.05, 4.69) is 15.2 Å². The van der Waals surface area contributed by atoms with Gasteiger partial charge in [0.25, 0.3) is 0 Å². The minimum Gasteiger partial charge on any atom is -0.450 e. The zero-order valence-corrected chi connectivity index (χ0v) is 16.0. The molecule has 1 N–H and O–H groups in total. The first-order valence-electron chi connectivity index (χ1n) is 9.94. The number of carbonyl (C=O) groups is 1. The first-order valence-corrected chi connectivity index (χ1v) is 9.94. The van der Waals surface area contributed by atoms with Crippen LogP contribution in [0.2, 0.25) is 0 Å². The van der Waals surface area contributed by atoms with E-state index in [9.17, 15) is 4.79 Å². The normalized spacial score (nSPS) is 19.2. The molecule has 0 spiro atoms. The summed E-state index contributed by atoms with van der Waals surface area (Å²) in [6.45, 7) is 7.11. The number of nitrogens with zero attached hydrogens (tertiary/aromatic N) is 4. The fourth-order valence-electron chi connectivity index (χ4n) is 3.72. The van der Waals surface area contributed by atoms with E-state index in [0.717, 1.165) is 30.5 Å². The lowest BCUT2D eigenvalue weighted by Gasteiger charge is -2.35. The van der Waals surface area contributed by atoms with Crippen LogP contribution in [0.4, 0.5) is 16.6 Å². The lowest BCUT2D eigenvalue weighted by Crippen LogP contribution is -2.49. The number of anilines is 2. The third kappa shape index (κ3) is 4.99. The summed E-state index contributed by atoms with van der Waals surface area (Å²) in [4.78, 5) is 25.2. The molecule has 1 aromatic rings. The van der Waals surface area contributed by atoms with Gasteiger partial charge < -0.3 is 19.9 Å². The number of hydrogen-bond donors (Lipinski definition) is 1. The second-order valence-corrected chi connectivity index (χ2v) is 7.20. The van der Waals surface area contributed by atoms with Crippen LogP contribution in [0.1, 0.15) is 51.1 Å². The Morgan fingerprint density at radius 3 is 2.50 bits per heavy atom. The average Bonchev–Trinajstić information content (AvgIpc) is 2.90. The van der Waals surface area contributed by atoms with Crippen molar-refractivity contribution in [3.05, 3.63) is 11.8 Å². The van der Waals surface area contributed by atoms with Crippen molar-refractivity contribution in [3.8, 4) is 0 Å². The fraction of sp³-hybridized carbons (Fsp3) is 0.737. The van der Waals surface area contributed by atoms with Gasteiger partial charge in [-0.3, -0.25) is 0 Å². The van der Waals surface area contributed by atoms with Gasteiger partial charge in [-0.05, 0) is 26.7 Å². The largest absolute Gasteiger partial charge is 0.450 e. The van der Waals surface area contributed by atoms with Crippen molar-refractivity contribution in [1.82, 2.24) is 14.9 Å². The molecule has 1 saturated heterocycles. The Kier molecular flexibility index (Phi) is 6.52. The molecule has 1 aliphatic carbocycles. The van der Waals surface area contributed by atoms with Crippen LogP contribution in [0.25, 0.3) is 0 Å². The van der Waals surface area contributed by atoms with Gasteiger partial charge >= 0.3 is 6.09 Å². The van der Waals surface area contributed by atoms with Crippen molar-refractivity contribution in [3.63, 3.8) is 0 Å². The molecule has 1 aliphatic heterocycles. The summed E-state index contributed by atoms with van der Waals surface area (Å²) in [7, 11) is 0. The Bertz CT molecular complexity index is 594. The number of rotatable bonds is 4. The highest BCUT2D eigenvalue weighted by molar-refractivity contribution is 5.68. The number of nitrogens with one attached hydrogen (secondary N) is 1. The molecule has 26 heavy (non-hydrogen) atoms. The molecule has 2 heterocycles. The number of amides is 1. The molecule has 7 nitrogen and oxygen atoms in total. The van der Waals surface area contributed by atoms with Crippen molar-refractivity contribution >= 4 is 17.9 Å². The first kappa shape index (κ1) is 18.7. The molecule has 0 radical (unpaired) electrons. The standard InChI is InChI=1S/C19H31N5O2/c1-3-26-19(25)24-12-10-23(11-13-24)17-14-15(2)20-18(22-17)21-16-8-6-4-5-7-9-16/h14,16H,3-13H2,1-2H3,(H,20,21,22). The second kappa shape index (κ2) is 9.05. The molecule has 0 bridgehead atoms. The van der Waals surface area contributed by atoms with Gasteiger partial charge in [0, 0.05) is 44.0 Å². The summed E-state index contributed by atoms with van der Waals surface area (Å²) >= 11 is 0. The predicted molar refractivity (Wildman–Crippen MR) is 103 cm³/mol. The molecule has 1 amide bonds. The lowest BCUT2D eigenvalue weighted by atomic mass is 10.1.